The minimum Gasteiger partial charge on any atom is -0.374 e. The maximum absolute atomic E-state index is 12.7. The van der Waals surface area contributed by atoms with Crippen molar-refractivity contribution < 1.29 is 13.2 Å². The molecule has 1 aliphatic heterocycles. The van der Waals surface area contributed by atoms with E-state index in [2.05, 4.69) is 0 Å². The monoisotopic (exact) mass is 284 g/mol. The molecular weight excluding hydrogens is 264 g/mol. The lowest BCUT2D eigenvalue weighted by molar-refractivity contribution is 0.00449. The molecule has 19 heavy (non-hydrogen) atoms. The van der Waals surface area contributed by atoms with Crippen molar-refractivity contribution in [3.63, 3.8) is 0 Å². The lowest BCUT2D eigenvalue weighted by Gasteiger charge is -2.31. The van der Waals surface area contributed by atoms with Gasteiger partial charge in [0, 0.05) is 19.6 Å². The molecule has 0 aliphatic carbocycles. The molecule has 1 heterocycles. The van der Waals surface area contributed by atoms with E-state index in [-0.39, 0.29) is 6.10 Å². The molecule has 106 valence electrons. The Morgan fingerprint density at radius 2 is 2.16 bits per heavy atom. The number of hydrogen-bond acceptors (Lipinski definition) is 4. The van der Waals surface area contributed by atoms with Crippen molar-refractivity contribution in [1.29, 1.82) is 0 Å². The van der Waals surface area contributed by atoms with E-state index >= 15 is 0 Å². The molecule has 1 aromatic carbocycles. The van der Waals surface area contributed by atoms with Crippen LogP contribution in [0.3, 0.4) is 0 Å². The third-order valence-corrected chi connectivity index (χ3v) is 5.33. The van der Waals surface area contributed by atoms with Crippen molar-refractivity contribution in [3.8, 4) is 0 Å². The first-order valence-electron chi connectivity index (χ1n) is 6.34. The van der Waals surface area contributed by atoms with Gasteiger partial charge in [-0.1, -0.05) is 12.1 Å². The van der Waals surface area contributed by atoms with E-state index in [1.807, 2.05) is 26.0 Å². The number of morpholine rings is 1. The van der Waals surface area contributed by atoms with Gasteiger partial charge in [-0.3, -0.25) is 0 Å². The highest BCUT2D eigenvalue weighted by Crippen LogP contribution is 2.22. The van der Waals surface area contributed by atoms with Gasteiger partial charge in [0.1, 0.15) is 0 Å². The average molecular weight is 284 g/mol. The summed E-state index contributed by atoms with van der Waals surface area (Å²) in [6, 6.07) is 5.47. The van der Waals surface area contributed by atoms with Gasteiger partial charge in [-0.2, -0.15) is 4.31 Å². The number of aryl methyl sites for hydroxylation is 2. The van der Waals surface area contributed by atoms with Crippen LogP contribution in [0.5, 0.6) is 0 Å². The molecule has 0 spiro atoms. The highest BCUT2D eigenvalue weighted by atomic mass is 32.2. The Balaban J connectivity index is 2.34. The molecule has 0 amide bonds. The minimum absolute atomic E-state index is 0.214. The van der Waals surface area contributed by atoms with Crippen LogP contribution >= 0.6 is 0 Å². The van der Waals surface area contributed by atoms with Crippen LogP contribution in [0, 0.1) is 13.8 Å². The zero-order valence-electron chi connectivity index (χ0n) is 11.3. The van der Waals surface area contributed by atoms with E-state index in [9.17, 15) is 8.42 Å². The lowest BCUT2D eigenvalue weighted by atomic mass is 10.2. The number of ether oxygens (including phenoxy) is 1. The molecule has 2 N–H and O–H groups in total. The summed E-state index contributed by atoms with van der Waals surface area (Å²) in [4.78, 5) is 0.380. The van der Waals surface area contributed by atoms with Gasteiger partial charge in [-0.25, -0.2) is 8.42 Å². The lowest BCUT2D eigenvalue weighted by Crippen LogP contribution is -2.48. The van der Waals surface area contributed by atoms with E-state index in [0.29, 0.717) is 31.1 Å². The molecule has 0 saturated carbocycles. The van der Waals surface area contributed by atoms with Gasteiger partial charge in [-0.15, -0.1) is 0 Å². The van der Waals surface area contributed by atoms with Gasteiger partial charge in [0.05, 0.1) is 17.6 Å². The molecule has 2 rings (SSSR count). The number of sulfonamides is 1. The second-order valence-electron chi connectivity index (χ2n) is 4.86. The van der Waals surface area contributed by atoms with Gasteiger partial charge < -0.3 is 10.5 Å². The van der Waals surface area contributed by atoms with E-state index in [1.54, 1.807) is 6.07 Å². The quantitative estimate of drug-likeness (QED) is 0.884. The maximum atomic E-state index is 12.7. The highest BCUT2D eigenvalue weighted by molar-refractivity contribution is 7.89. The normalized spacial score (nSPS) is 21.5. The van der Waals surface area contributed by atoms with Crippen molar-refractivity contribution in [1.82, 2.24) is 4.31 Å². The summed E-state index contributed by atoms with van der Waals surface area (Å²) in [6.07, 6.45) is -0.214. The number of hydrogen-bond donors (Lipinski definition) is 1. The van der Waals surface area contributed by atoms with Crippen molar-refractivity contribution in [2.75, 3.05) is 26.2 Å². The molecule has 5 nitrogen and oxygen atoms in total. The van der Waals surface area contributed by atoms with E-state index in [0.717, 1.165) is 11.1 Å². The van der Waals surface area contributed by atoms with E-state index in [4.69, 9.17) is 10.5 Å². The van der Waals surface area contributed by atoms with Gasteiger partial charge in [0.15, 0.2) is 0 Å². The van der Waals surface area contributed by atoms with Crippen LogP contribution in [0.1, 0.15) is 11.1 Å². The predicted octanol–water partition coefficient (Wildman–Crippen LogP) is 0.652. The fourth-order valence-corrected chi connectivity index (χ4v) is 3.94. The van der Waals surface area contributed by atoms with Gasteiger partial charge >= 0.3 is 0 Å². The Kier molecular flexibility index (Phi) is 4.25. The predicted molar refractivity (Wildman–Crippen MR) is 73.5 cm³/mol. The van der Waals surface area contributed by atoms with E-state index < -0.39 is 10.0 Å². The van der Waals surface area contributed by atoms with Crippen LogP contribution in [0.2, 0.25) is 0 Å². The second kappa shape index (κ2) is 5.58. The van der Waals surface area contributed by atoms with Crippen LogP contribution in [0.4, 0.5) is 0 Å². The van der Waals surface area contributed by atoms with Crippen molar-refractivity contribution >= 4 is 10.0 Å². The van der Waals surface area contributed by atoms with Crippen molar-refractivity contribution in [2.24, 2.45) is 5.73 Å². The van der Waals surface area contributed by atoms with Crippen molar-refractivity contribution in [3.05, 3.63) is 29.3 Å². The van der Waals surface area contributed by atoms with Crippen LogP contribution < -0.4 is 5.73 Å². The fourth-order valence-electron chi connectivity index (χ4n) is 2.18. The Bertz CT molecular complexity index is 557. The third kappa shape index (κ3) is 2.97. The zero-order valence-corrected chi connectivity index (χ0v) is 12.1. The largest absolute Gasteiger partial charge is 0.374 e. The summed E-state index contributed by atoms with van der Waals surface area (Å²) in [7, 11) is -3.46. The fraction of sp³-hybridized carbons (Fsp3) is 0.538. The molecule has 0 aromatic heterocycles. The first kappa shape index (κ1) is 14.5. The Morgan fingerprint density at radius 3 is 2.84 bits per heavy atom. The summed E-state index contributed by atoms with van der Waals surface area (Å²) in [5, 5.41) is 0. The number of nitrogens with two attached hydrogens (primary N) is 1. The average Bonchev–Trinajstić information content (AvgIpc) is 2.41. The molecule has 1 aromatic rings. The van der Waals surface area contributed by atoms with Gasteiger partial charge in [-0.05, 0) is 31.0 Å². The minimum atomic E-state index is -3.46. The summed E-state index contributed by atoms with van der Waals surface area (Å²) < 4.78 is 32.2. The SMILES string of the molecule is Cc1ccc(C)c(S(=O)(=O)N2CCOC(CN)C2)c1. The summed E-state index contributed by atoms with van der Waals surface area (Å²) in [5.41, 5.74) is 7.26. The number of benzene rings is 1. The van der Waals surface area contributed by atoms with Crippen LogP contribution in [-0.4, -0.2) is 45.1 Å². The van der Waals surface area contributed by atoms with Crippen LogP contribution in [0.25, 0.3) is 0 Å². The van der Waals surface area contributed by atoms with Crippen LogP contribution in [0.15, 0.2) is 23.1 Å². The van der Waals surface area contributed by atoms with Crippen LogP contribution in [-0.2, 0) is 14.8 Å². The van der Waals surface area contributed by atoms with Gasteiger partial charge in [0.25, 0.3) is 0 Å². The zero-order chi connectivity index (χ0) is 14.0. The molecule has 1 saturated heterocycles. The van der Waals surface area contributed by atoms with E-state index in [1.165, 1.54) is 4.31 Å². The standard InChI is InChI=1S/C13H20N2O3S/c1-10-3-4-11(2)13(7-10)19(16,17)15-5-6-18-12(8-14)9-15/h3-4,7,12H,5-6,8-9,14H2,1-2H3. The molecule has 1 aliphatic rings. The molecule has 0 radical (unpaired) electrons. The van der Waals surface area contributed by atoms with Crippen molar-refractivity contribution in [2.45, 2.75) is 24.8 Å². The molecule has 1 atom stereocenters. The third-order valence-electron chi connectivity index (χ3n) is 3.33. The summed E-state index contributed by atoms with van der Waals surface area (Å²) >= 11 is 0. The molecular formula is C13H20N2O3S. The molecule has 0 bridgehead atoms. The first-order chi connectivity index (χ1) is 8.95. The number of rotatable bonds is 3. The molecule has 1 fully saturated rings. The first-order valence-corrected chi connectivity index (χ1v) is 7.78. The maximum Gasteiger partial charge on any atom is 0.243 e. The Hall–Kier alpha value is -0.950. The second-order valence-corrected chi connectivity index (χ2v) is 6.77. The Morgan fingerprint density at radius 1 is 1.42 bits per heavy atom. The highest BCUT2D eigenvalue weighted by Gasteiger charge is 2.31. The summed E-state index contributed by atoms with van der Waals surface area (Å²) in [6.45, 7) is 5.14. The Labute approximate surface area is 114 Å². The summed E-state index contributed by atoms with van der Waals surface area (Å²) in [5.74, 6) is 0. The number of nitrogens with zero attached hydrogens (tertiary/aromatic N) is 1. The smallest absolute Gasteiger partial charge is 0.243 e. The topological polar surface area (TPSA) is 72.6 Å². The molecule has 1 unspecified atom stereocenters. The molecule has 6 heteroatoms. The van der Waals surface area contributed by atoms with Gasteiger partial charge in [0.2, 0.25) is 10.0 Å².